The summed E-state index contributed by atoms with van der Waals surface area (Å²) >= 11 is 0. The van der Waals surface area contributed by atoms with Crippen LogP contribution < -0.4 is 11.1 Å². The highest BCUT2D eigenvalue weighted by atomic mass is 19.1. The molecule has 4 saturated carbocycles. The molecule has 0 bridgehead atoms. The lowest BCUT2D eigenvalue weighted by atomic mass is 9.75. The van der Waals surface area contributed by atoms with Crippen molar-refractivity contribution in [2.75, 3.05) is 13.1 Å². The number of rotatable bonds is 9. The van der Waals surface area contributed by atoms with E-state index in [0.29, 0.717) is 27.5 Å². The number of hydrogen-bond acceptors (Lipinski definition) is 3. The molecular formula is C54H62F2N2O3. The quantitative estimate of drug-likeness (QED) is 0.116. The predicted octanol–water partition coefficient (Wildman–Crippen LogP) is 12.1. The molecule has 5 nitrogen and oxygen atoms in total. The highest BCUT2D eigenvalue weighted by molar-refractivity contribution is 5.94. The number of hydrogen-bond donors (Lipinski definition) is 3. The maximum atomic E-state index is 13.0. The van der Waals surface area contributed by atoms with Gasteiger partial charge in [0.1, 0.15) is 11.6 Å². The van der Waals surface area contributed by atoms with E-state index in [4.69, 9.17) is 10.8 Å². The van der Waals surface area contributed by atoms with Crippen LogP contribution in [0.25, 0.3) is 0 Å². The van der Waals surface area contributed by atoms with Gasteiger partial charge in [-0.05, 0) is 165 Å². The standard InChI is InChI=1S/C27H30FNO.C15H9FO2.C12H23N/c28-25-15-11-22(12-16-25)6-5-21-9-13-24(14-10-21)26(30)29-20-27(19-23-7-8-23)17-3-1-2-4-18-27;16-14-9-5-12(6-10-14)2-1-11-3-7-13(8-4-11)15(17)18;13-10-12(9-11-5-6-11)7-3-1-2-4-8-12/h9-16,23H,1-4,7-8,17-20H2,(H,29,30);3-10H,(H,17,18);11H,1-10,13H2. The number of halogens is 2. The van der Waals surface area contributed by atoms with E-state index < -0.39 is 5.97 Å². The molecule has 0 aromatic heterocycles. The van der Waals surface area contributed by atoms with Gasteiger partial charge in [-0.2, -0.15) is 0 Å². The average Bonchev–Trinajstić information content (AvgIpc) is 4.21. The Balaban J connectivity index is 0.000000170. The Morgan fingerprint density at radius 2 is 0.885 bits per heavy atom. The molecule has 4 aliphatic carbocycles. The Morgan fingerprint density at radius 1 is 0.541 bits per heavy atom. The van der Waals surface area contributed by atoms with Crippen LogP contribution in [0.4, 0.5) is 8.78 Å². The minimum atomic E-state index is -0.965. The molecule has 0 heterocycles. The highest BCUT2D eigenvalue weighted by Crippen LogP contribution is 2.47. The van der Waals surface area contributed by atoms with Gasteiger partial charge < -0.3 is 16.2 Å². The van der Waals surface area contributed by atoms with Crippen LogP contribution in [0.15, 0.2) is 97.1 Å². The molecule has 0 atom stereocenters. The van der Waals surface area contributed by atoms with Crippen molar-refractivity contribution in [2.24, 2.45) is 28.4 Å². The van der Waals surface area contributed by atoms with E-state index in [9.17, 15) is 18.4 Å². The molecule has 4 fully saturated rings. The molecule has 0 spiro atoms. The van der Waals surface area contributed by atoms with E-state index in [0.717, 1.165) is 36.1 Å². The number of carboxylic acid groups (broad SMARTS) is 1. The summed E-state index contributed by atoms with van der Waals surface area (Å²) in [6.07, 6.45) is 24.8. The normalized spacial score (nSPS) is 17.7. The summed E-state index contributed by atoms with van der Waals surface area (Å²) in [6.45, 7) is 1.75. The van der Waals surface area contributed by atoms with Crippen molar-refractivity contribution in [1.82, 2.24) is 5.32 Å². The van der Waals surface area contributed by atoms with Crippen LogP contribution in [-0.2, 0) is 0 Å². The Hall–Kier alpha value is -5.24. The lowest BCUT2D eigenvalue weighted by molar-refractivity contribution is 0.0696. The molecule has 320 valence electrons. The Morgan fingerprint density at radius 3 is 1.25 bits per heavy atom. The Labute approximate surface area is 362 Å². The van der Waals surface area contributed by atoms with Crippen LogP contribution in [0.3, 0.4) is 0 Å². The third kappa shape index (κ3) is 15.3. The van der Waals surface area contributed by atoms with Crippen molar-refractivity contribution in [2.45, 2.75) is 116 Å². The van der Waals surface area contributed by atoms with Crippen molar-refractivity contribution in [3.63, 3.8) is 0 Å². The van der Waals surface area contributed by atoms with Crippen LogP contribution in [-0.4, -0.2) is 30.1 Å². The average molecular weight is 825 g/mol. The number of carboxylic acids is 1. The van der Waals surface area contributed by atoms with Gasteiger partial charge in [-0.1, -0.05) is 101 Å². The lowest BCUT2D eigenvalue weighted by Crippen LogP contribution is -2.38. The number of nitrogens with one attached hydrogen (secondary N) is 1. The van der Waals surface area contributed by atoms with Gasteiger partial charge >= 0.3 is 5.97 Å². The van der Waals surface area contributed by atoms with Crippen molar-refractivity contribution in [1.29, 1.82) is 0 Å². The maximum absolute atomic E-state index is 13.0. The molecule has 4 aliphatic rings. The summed E-state index contributed by atoms with van der Waals surface area (Å²) < 4.78 is 25.6. The van der Waals surface area contributed by atoms with Crippen molar-refractivity contribution < 1.29 is 23.5 Å². The number of nitrogens with two attached hydrogens (primary N) is 1. The molecule has 0 saturated heterocycles. The number of carbonyl (C=O) groups is 2. The monoisotopic (exact) mass is 824 g/mol. The van der Waals surface area contributed by atoms with E-state index in [2.05, 4.69) is 29.0 Å². The largest absolute Gasteiger partial charge is 0.478 e. The SMILES string of the molecule is NCC1(CC2CC2)CCCCCC1.O=C(NCC1(CC2CC2)CCCCCC1)c1ccc(C#Cc2ccc(F)cc2)cc1.O=C(O)c1ccc(C#Cc2ccc(F)cc2)cc1. The predicted molar refractivity (Wildman–Crippen MR) is 241 cm³/mol. The van der Waals surface area contributed by atoms with Gasteiger partial charge in [-0.25, -0.2) is 13.6 Å². The molecule has 1 amide bonds. The fourth-order valence-corrected chi connectivity index (χ4v) is 8.90. The van der Waals surface area contributed by atoms with E-state index in [1.54, 1.807) is 36.4 Å². The first-order chi connectivity index (χ1) is 29.6. The highest BCUT2D eigenvalue weighted by Gasteiger charge is 2.38. The third-order valence-electron chi connectivity index (χ3n) is 12.9. The topological polar surface area (TPSA) is 92.4 Å². The zero-order valence-electron chi connectivity index (χ0n) is 35.6. The molecule has 4 aromatic rings. The molecule has 8 rings (SSSR count). The van der Waals surface area contributed by atoms with Crippen LogP contribution in [0, 0.1) is 58.0 Å². The third-order valence-corrected chi connectivity index (χ3v) is 12.9. The zero-order valence-corrected chi connectivity index (χ0v) is 35.6. The van der Waals surface area contributed by atoms with Gasteiger partial charge in [0.05, 0.1) is 5.56 Å². The molecule has 0 unspecified atom stereocenters. The van der Waals surface area contributed by atoms with E-state index in [-0.39, 0.29) is 23.1 Å². The summed E-state index contributed by atoms with van der Waals surface area (Å²) in [6, 6.07) is 25.7. The summed E-state index contributed by atoms with van der Waals surface area (Å²) in [5, 5.41) is 12.0. The second-order valence-electron chi connectivity index (χ2n) is 18.0. The minimum Gasteiger partial charge on any atom is -0.478 e. The molecule has 7 heteroatoms. The Bertz CT molecular complexity index is 2120. The number of amides is 1. The van der Waals surface area contributed by atoms with Gasteiger partial charge in [-0.3, -0.25) is 4.79 Å². The van der Waals surface area contributed by atoms with Gasteiger partial charge in [0.15, 0.2) is 0 Å². The van der Waals surface area contributed by atoms with E-state index >= 15 is 0 Å². The second-order valence-corrected chi connectivity index (χ2v) is 18.0. The minimum absolute atomic E-state index is 0.00691. The van der Waals surface area contributed by atoms with Gasteiger partial charge in [0.25, 0.3) is 5.91 Å². The molecule has 0 radical (unpaired) electrons. The van der Waals surface area contributed by atoms with Crippen LogP contribution in [0.2, 0.25) is 0 Å². The molecule has 4 N–H and O–H groups in total. The number of carbonyl (C=O) groups excluding carboxylic acids is 1. The second kappa shape index (κ2) is 22.6. The van der Waals surface area contributed by atoms with Crippen LogP contribution in [0.1, 0.15) is 159 Å². The smallest absolute Gasteiger partial charge is 0.335 e. The van der Waals surface area contributed by atoms with Gasteiger partial charge in [-0.15, -0.1) is 0 Å². The summed E-state index contributed by atoms with van der Waals surface area (Å²) in [5.41, 5.74) is 10.8. The van der Waals surface area contributed by atoms with Crippen LogP contribution >= 0.6 is 0 Å². The van der Waals surface area contributed by atoms with Crippen molar-refractivity contribution in [3.8, 4) is 23.7 Å². The fourth-order valence-electron chi connectivity index (χ4n) is 8.90. The molecular weight excluding hydrogens is 763 g/mol. The van der Waals surface area contributed by atoms with Crippen molar-refractivity contribution >= 4 is 11.9 Å². The molecule has 61 heavy (non-hydrogen) atoms. The lowest BCUT2D eigenvalue weighted by Gasteiger charge is -2.33. The molecule has 0 aliphatic heterocycles. The number of aromatic carboxylic acids is 1. The number of benzene rings is 4. The first-order valence-electron chi connectivity index (χ1n) is 22.6. The van der Waals surface area contributed by atoms with E-state index in [1.807, 2.05) is 24.3 Å². The Kier molecular flexibility index (Phi) is 16.7. The van der Waals surface area contributed by atoms with Crippen LogP contribution in [0.5, 0.6) is 0 Å². The summed E-state index contributed by atoms with van der Waals surface area (Å²) in [4.78, 5) is 23.4. The summed E-state index contributed by atoms with van der Waals surface area (Å²) in [7, 11) is 0. The first-order valence-corrected chi connectivity index (χ1v) is 22.6. The van der Waals surface area contributed by atoms with Gasteiger partial charge in [0, 0.05) is 34.4 Å². The summed E-state index contributed by atoms with van der Waals surface area (Å²) in [5.74, 6) is 12.3. The van der Waals surface area contributed by atoms with E-state index in [1.165, 1.54) is 152 Å². The maximum Gasteiger partial charge on any atom is 0.335 e. The first kappa shape index (κ1) is 45.3. The fraction of sp³-hybridized carbons (Fsp3) is 0.444. The van der Waals surface area contributed by atoms with Crippen molar-refractivity contribution in [3.05, 3.63) is 142 Å². The molecule has 4 aromatic carbocycles. The van der Waals surface area contributed by atoms with Gasteiger partial charge in [0.2, 0.25) is 0 Å². The zero-order chi connectivity index (χ0) is 42.9.